The van der Waals surface area contributed by atoms with Gasteiger partial charge in [-0.2, -0.15) is 0 Å². The highest BCUT2D eigenvalue weighted by Gasteiger charge is 2.02. The summed E-state index contributed by atoms with van der Waals surface area (Å²) in [6, 6.07) is 0. The van der Waals surface area contributed by atoms with Crippen molar-refractivity contribution in [3.63, 3.8) is 0 Å². The summed E-state index contributed by atoms with van der Waals surface area (Å²) >= 11 is 6.94. The molecule has 0 amide bonds. The number of rotatable bonds is 7. The first-order valence-electron chi connectivity index (χ1n) is 5.60. The Bertz CT molecular complexity index is 437. The number of aromatic nitrogens is 4. The van der Waals surface area contributed by atoms with E-state index in [1.807, 2.05) is 13.8 Å². The molecule has 8 heteroatoms. The molecular weight excluding hydrogens is 304 g/mol. The fourth-order valence-corrected chi connectivity index (χ4v) is 4.97. The van der Waals surface area contributed by atoms with E-state index in [1.165, 1.54) is 12.8 Å². The summed E-state index contributed by atoms with van der Waals surface area (Å²) in [4.78, 5) is 0. The second kappa shape index (κ2) is 7.42. The van der Waals surface area contributed by atoms with Gasteiger partial charge in [-0.1, -0.05) is 46.2 Å². The Kier molecular flexibility index (Phi) is 5.87. The smallest absolute Gasteiger partial charge is 0.143 e. The van der Waals surface area contributed by atoms with Crippen molar-refractivity contribution in [2.45, 2.75) is 35.4 Å². The average molecular weight is 319 g/mol. The second-order valence-electron chi connectivity index (χ2n) is 3.58. The van der Waals surface area contributed by atoms with Gasteiger partial charge in [0.25, 0.3) is 0 Å². The number of aryl methyl sites for hydroxylation is 2. The second-order valence-corrected chi connectivity index (χ2v) is 8.63. The molecule has 0 aliphatic heterocycles. The summed E-state index contributed by atoms with van der Waals surface area (Å²) in [5.41, 5.74) is 0. The molecule has 18 heavy (non-hydrogen) atoms. The lowest BCUT2D eigenvalue weighted by Crippen LogP contribution is -1.84. The monoisotopic (exact) mass is 318 g/mol. The van der Waals surface area contributed by atoms with Crippen molar-refractivity contribution < 1.29 is 0 Å². The molecule has 2 heterocycles. The van der Waals surface area contributed by atoms with Gasteiger partial charge in [-0.05, 0) is 26.7 Å². The molecule has 0 N–H and O–H groups in total. The van der Waals surface area contributed by atoms with Gasteiger partial charge >= 0.3 is 0 Å². The van der Waals surface area contributed by atoms with Crippen LogP contribution in [0.1, 0.15) is 22.9 Å². The third-order valence-electron chi connectivity index (χ3n) is 2.00. The standard InChI is InChI=1S/C10H14N4S4/c1-7-11-13-9(17-7)15-5-3-4-6-16-10-14-12-8(2)18-10/h3-6H2,1-2H3. The third kappa shape index (κ3) is 4.83. The summed E-state index contributed by atoms with van der Waals surface area (Å²) in [7, 11) is 0. The van der Waals surface area contributed by atoms with E-state index in [0.29, 0.717) is 0 Å². The van der Waals surface area contributed by atoms with Gasteiger partial charge in [0.2, 0.25) is 0 Å². The number of thioether (sulfide) groups is 2. The zero-order chi connectivity index (χ0) is 12.8. The molecule has 0 spiro atoms. The van der Waals surface area contributed by atoms with E-state index < -0.39 is 0 Å². The van der Waals surface area contributed by atoms with Crippen LogP contribution in [0, 0.1) is 13.8 Å². The van der Waals surface area contributed by atoms with Crippen molar-refractivity contribution in [1.29, 1.82) is 0 Å². The predicted octanol–water partition coefficient (Wildman–Crippen LogP) is 3.67. The van der Waals surface area contributed by atoms with E-state index in [1.54, 1.807) is 46.2 Å². The van der Waals surface area contributed by atoms with Gasteiger partial charge in [-0.25, -0.2) is 0 Å². The first-order chi connectivity index (χ1) is 8.74. The fraction of sp³-hybridized carbons (Fsp3) is 0.600. The van der Waals surface area contributed by atoms with Crippen LogP contribution in [0.15, 0.2) is 8.68 Å². The van der Waals surface area contributed by atoms with Crippen LogP contribution in [0.25, 0.3) is 0 Å². The molecule has 0 bridgehead atoms. The van der Waals surface area contributed by atoms with Gasteiger partial charge < -0.3 is 0 Å². The molecular formula is C10H14N4S4. The summed E-state index contributed by atoms with van der Waals surface area (Å²) in [6.07, 6.45) is 2.40. The molecule has 0 fully saturated rings. The van der Waals surface area contributed by atoms with Crippen molar-refractivity contribution in [2.75, 3.05) is 11.5 Å². The Morgan fingerprint density at radius 2 is 1.22 bits per heavy atom. The van der Waals surface area contributed by atoms with E-state index in [0.717, 1.165) is 30.2 Å². The minimum Gasteiger partial charge on any atom is -0.143 e. The molecule has 0 aromatic carbocycles. The van der Waals surface area contributed by atoms with Crippen LogP contribution in [0.2, 0.25) is 0 Å². The predicted molar refractivity (Wildman–Crippen MR) is 80.0 cm³/mol. The third-order valence-corrected chi connectivity index (χ3v) is 6.12. The quantitative estimate of drug-likeness (QED) is 0.573. The Balaban J connectivity index is 1.54. The largest absolute Gasteiger partial charge is 0.174 e. The van der Waals surface area contributed by atoms with E-state index >= 15 is 0 Å². The maximum atomic E-state index is 4.09. The van der Waals surface area contributed by atoms with E-state index in [4.69, 9.17) is 0 Å². The molecule has 0 saturated heterocycles. The Hall–Kier alpha value is -0.180. The lowest BCUT2D eigenvalue weighted by atomic mass is 10.4. The van der Waals surface area contributed by atoms with Gasteiger partial charge in [0.1, 0.15) is 10.0 Å². The zero-order valence-electron chi connectivity index (χ0n) is 10.3. The van der Waals surface area contributed by atoms with Crippen molar-refractivity contribution in [1.82, 2.24) is 20.4 Å². The molecule has 2 aromatic heterocycles. The maximum absolute atomic E-state index is 4.09. The highest BCUT2D eigenvalue weighted by molar-refractivity contribution is 8.01. The van der Waals surface area contributed by atoms with Crippen LogP contribution in [0.4, 0.5) is 0 Å². The lowest BCUT2D eigenvalue weighted by molar-refractivity contribution is 0.901. The molecule has 0 aliphatic carbocycles. The van der Waals surface area contributed by atoms with Crippen LogP contribution in [0.3, 0.4) is 0 Å². The summed E-state index contributed by atoms with van der Waals surface area (Å²) in [5, 5.41) is 18.3. The number of nitrogens with zero attached hydrogens (tertiary/aromatic N) is 4. The van der Waals surface area contributed by atoms with E-state index in [-0.39, 0.29) is 0 Å². The first kappa shape index (κ1) is 14.2. The van der Waals surface area contributed by atoms with Crippen LogP contribution in [-0.2, 0) is 0 Å². The van der Waals surface area contributed by atoms with Crippen LogP contribution in [0.5, 0.6) is 0 Å². The minimum atomic E-state index is 1.04. The lowest BCUT2D eigenvalue weighted by Gasteiger charge is -1.97. The number of hydrogen-bond donors (Lipinski definition) is 0. The van der Waals surface area contributed by atoms with Gasteiger partial charge in [0.05, 0.1) is 0 Å². The number of hydrogen-bond acceptors (Lipinski definition) is 8. The Morgan fingerprint density at radius 3 is 1.56 bits per heavy atom. The maximum Gasteiger partial charge on any atom is 0.174 e. The Morgan fingerprint density at radius 1 is 0.778 bits per heavy atom. The molecule has 0 radical (unpaired) electrons. The topological polar surface area (TPSA) is 51.6 Å². The molecule has 4 nitrogen and oxygen atoms in total. The highest BCUT2D eigenvalue weighted by atomic mass is 32.2. The average Bonchev–Trinajstić information content (AvgIpc) is 2.93. The zero-order valence-corrected chi connectivity index (χ0v) is 13.5. The van der Waals surface area contributed by atoms with Crippen molar-refractivity contribution in [3.05, 3.63) is 10.0 Å². The van der Waals surface area contributed by atoms with E-state index in [9.17, 15) is 0 Å². The van der Waals surface area contributed by atoms with Crippen LogP contribution in [-0.4, -0.2) is 31.9 Å². The van der Waals surface area contributed by atoms with Gasteiger partial charge in [-0.3, -0.25) is 0 Å². The molecule has 0 atom stereocenters. The summed E-state index contributed by atoms with van der Waals surface area (Å²) in [6.45, 7) is 3.98. The van der Waals surface area contributed by atoms with Crippen LogP contribution >= 0.6 is 46.2 Å². The van der Waals surface area contributed by atoms with Gasteiger partial charge in [0.15, 0.2) is 8.68 Å². The van der Waals surface area contributed by atoms with E-state index in [2.05, 4.69) is 20.4 Å². The molecule has 98 valence electrons. The minimum absolute atomic E-state index is 1.04. The molecule has 0 aliphatic rings. The van der Waals surface area contributed by atoms with Crippen molar-refractivity contribution in [3.8, 4) is 0 Å². The van der Waals surface area contributed by atoms with Crippen molar-refractivity contribution in [2.24, 2.45) is 0 Å². The van der Waals surface area contributed by atoms with Crippen molar-refractivity contribution >= 4 is 46.2 Å². The molecule has 0 unspecified atom stereocenters. The fourth-order valence-electron chi connectivity index (χ4n) is 1.20. The van der Waals surface area contributed by atoms with Gasteiger partial charge in [-0.15, -0.1) is 20.4 Å². The van der Waals surface area contributed by atoms with Crippen LogP contribution < -0.4 is 0 Å². The summed E-state index contributed by atoms with van der Waals surface area (Å²) in [5.74, 6) is 2.23. The summed E-state index contributed by atoms with van der Waals surface area (Å²) < 4.78 is 2.17. The molecule has 2 rings (SSSR count). The highest BCUT2D eigenvalue weighted by Crippen LogP contribution is 2.25. The first-order valence-corrected chi connectivity index (χ1v) is 9.20. The van der Waals surface area contributed by atoms with Gasteiger partial charge in [0, 0.05) is 11.5 Å². The Labute approximate surface area is 123 Å². The SMILES string of the molecule is Cc1nnc(SCCCCSc2nnc(C)s2)s1. The molecule has 2 aromatic rings. The normalized spacial score (nSPS) is 11.0. The molecule has 0 saturated carbocycles. The number of unbranched alkanes of at least 4 members (excludes halogenated alkanes) is 1.